The number of ether oxygens (including phenoxy) is 1. The number of benzene rings is 1. The predicted molar refractivity (Wildman–Crippen MR) is 133 cm³/mol. The first-order valence-corrected chi connectivity index (χ1v) is 12.2. The van der Waals surface area contributed by atoms with Crippen LogP contribution in [0.5, 0.6) is 5.75 Å². The van der Waals surface area contributed by atoms with E-state index in [-0.39, 0.29) is 18.0 Å². The summed E-state index contributed by atoms with van der Waals surface area (Å²) < 4.78 is 7.29. The first kappa shape index (κ1) is 22.7. The SMILES string of the molecule is COc1cc(C)c(C(=O)N2CCCCC2c2cc3nc(N4CCC(N)C4)c(C)cn3n2)cc1C. The summed E-state index contributed by atoms with van der Waals surface area (Å²) in [6.45, 7) is 8.50. The number of carbonyl (C=O) groups excluding carboxylic acids is 1. The van der Waals surface area contributed by atoms with Gasteiger partial charge in [0.2, 0.25) is 0 Å². The van der Waals surface area contributed by atoms with E-state index in [9.17, 15) is 4.79 Å². The van der Waals surface area contributed by atoms with Crippen LogP contribution in [0.1, 0.15) is 64.5 Å². The molecule has 3 aromatic rings. The van der Waals surface area contributed by atoms with E-state index in [1.807, 2.05) is 47.7 Å². The van der Waals surface area contributed by atoms with E-state index in [1.165, 1.54) is 0 Å². The number of fused-ring (bicyclic) bond motifs is 1. The number of aryl methyl sites for hydroxylation is 3. The molecule has 2 atom stereocenters. The number of carbonyl (C=O) groups is 1. The molecule has 180 valence electrons. The third kappa shape index (κ3) is 4.00. The average molecular weight is 463 g/mol. The summed E-state index contributed by atoms with van der Waals surface area (Å²) in [6.07, 6.45) is 6.00. The number of hydrogen-bond acceptors (Lipinski definition) is 6. The minimum Gasteiger partial charge on any atom is -0.496 e. The van der Waals surface area contributed by atoms with Crippen molar-refractivity contribution in [3.8, 4) is 5.75 Å². The molecule has 2 aliphatic heterocycles. The summed E-state index contributed by atoms with van der Waals surface area (Å²) in [5.74, 6) is 1.84. The van der Waals surface area contributed by atoms with Crippen molar-refractivity contribution in [1.82, 2.24) is 19.5 Å². The third-order valence-corrected chi connectivity index (χ3v) is 7.23. The molecule has 8 heteroatoms. The summed E-state index contributed by atoms with van der Waals surface area (Å²) in [6, 6.07) is 6.08. The van der Waals surface area contributed by atoms with Crippen molar-refractivity contribution in [2.45, 2.75) is 58.5 Å². The van der Waals surface area contributed by atoms with Gasteiger partial charge in [-0.1, -0.05) is 0 Å². The first-order valence-electron chi connectivity index (χ1n) is 12.2. The van der Waals surface area contributed by atoms with Crippen molar-refractivity contribution < 1.29 is 9.53 Å². The number of nitrogens with two attached hydrogens (primary N) is 1. The molecule has 8 nitrogen and oxygen atoms in total. The van der Waals surface area contributed by atoms with Crippen LogP contribution in [0.15, 0.2) is 24.4 Å². The van der Waals surface area contributed by atoms with Gasteiger partial charge < -0.3 is 20.3 Å². The number of nitrogens with zero attached hydrogens (tertiary/aromatic N) is 5. The highest BCUT2D eigenvalue weighted by molar-refractivity contribution is 5.96. The molecule has 0 saturated carbocycles. The van der Waals surface area contributed by atoms with Crippen molar-refractivity contribution >= 4 is 17.4 Å². The Bertz CT molecular complexity index is 1240. The maximum atomic E-state index is 13.7. The van der Waals surface area contributed by atoms with Crippen molar-refractivity contribution in [2.75, 3.05) is 31.6 Å². The topological polar surface area (TPSA) is 89.0 Å². The summed E-state index contributed by atoms with van der Waals surface area (Å²) in [5, 5.41) is 4.87. The van der Waals surface area contributed by atoms with Gasteiger partial charge in [0.15, 0.2) is 5.65 Å². The van der Waals surface area contributed by atoms with Gasteiger partial charge in [-0.25, -0.2) is 9.50 Å². The van der Waals surface area contributed by atoms with Gasteiger partial charge >= 0.3 is 0 Å². The van der Waals surface area contributed by atoms with E-state index in [0.29, 0.717) is 0 Å². The molecular formula is C26H34N6O2. The van der Waals surface area contributed by atoms with Crippen molar-refractivity contribution in [3.63, 3.8) is 0 Å². The number of hydrogen-bond donors (Lipinski definition) is 1. The zero-order valence-corrected chi connectivity index (χ0v) is 20.5. The van der Waals surface area contributed by atoms with E-state index in [4.69, 9.17) is 20.6 Å². The smallest absolute Gasteiger partial charge is 0.254 e. The number of piperidine rings is 1. The lowest BCUT2D eigenvalue weighted by atomic mass is 9.96. The number of methoxy groups -OCH3 is 1. The zero-order chi connectivity index (χ0) is 24.0. The van der Waals surface area contributed by atoms with Crippen LogP contribution < -0.4 is 15.4 Å². The molecule has 2 aliphatic rings. The van der Waals surface area contributed by atoms with E-state index < -0.39 is 0 Å². The summed E-state index contributed by atoms with van der Waals surface area (Å²) in [7, 11) is 1.66. The van der Waals surface area contributed by atoms with Crippen LogP contribution in [-0.2, 0) is 0 Å². The molecule has 1 amide bonds. The van der Waals surface area contributed by atoms with Gasteiger partial charge in [0.25, 0.3) is 5.91 Å². The Hall–Kier alpha value is -3.13. The Morgan fingerprint density at radius 1 is 1.06 bits per heavy atom. The monoisotopic (exact) mass is 462 g/mol. The zero-order valence-electron chi connectivity index (χ0n) is 20.5. The molecule has 2 fully saturated rings. The second kappa shape index (κ2) is 8.91. The molecule has 0 aliphatic carbocycles. The highest BCUT2D eigenvalue weighted by Gasteiger charge is 2.32. The molecule has 0 radical (unpaired) electrons. The molecule has 5 rings (SSSR count). The van der Waals surface area contributed by atoms with Crippen LogP contribution in [0.25, 0.3) is 5.65 Å². The van der Waals surface area contributed by atoms with Gasteiger partial charge in [-0.3, -0.25) is 4.79 Å². The fraction of sp³-hybridized carbons (Fsp3) is 0.500. The molecule has 2 unspecified atom stereocenters. The van der Waals surface area contributed by atoms with Crippen LogP contribution in [-0.4, -0.2) is 58.2 Å². The summed E-state index contributed by atoms with van der Waals surface area (Å²) in [5.41, 5.74) is 11.5. The summed E-state index contributed by atoms with van der Waals surface area (Å²) >= 11 is 0. The lowest BCUT2D eigenvalue weighted by Gasteiger charge is -2.35. The quantitative estimate of drug-likeness (QED) is 0.638. The number of rotatable bonds is 4. The molecular weight excluding hydrogens is 428 g/mol. The van der Waals surface area contributed by atoms with Crippen molar-refractivity contribution in [1.29, 1.82) is 0 Å². The van der Waals surface area contributed by atoms with Crippen LogP contribution >= 0.6 is 0 Å². The average Bonchev–Trinajstić information content (AvgIpc) is 3.44. The molecule has 0 bridgehead atoms. The molecule has 0 spiro atoms. The highest BCUT2D eigenvalue weighted by Crippen LogP contribution is 2.34. The van der Waals surface area contributed by atoms with Crippen molar-refractivity contribution in [2.24, 2.45) is 5.73 Å². The summed E-state index contributed by atoms with van der Waals surface area (Å²) in [4.78, 5) is 22.9. The second-order valence-electron chi connectivity index (χ2n) is 9.76. The van der Waals surface area contributed by atoms with Gasteiger partial charge in [-0.2, -0.15) is 5.10 Å². The van der Waals surface area contributed by atoms with Crippen LogP contribution in [0, 0.1) is 20.8 Å². The molecule has 34 heavy (non-hydrogen) atoms. The Labute approximate surface area is 200 Å². The molecule has 4 heterocycles. The van der Waals surface area contributed by atoms with E-state index in [1.54, 1.807) is 7.11 Å². The maximum Gasteiger partial charge on any atom is 0.254 e. The van der Waals surface area contributed by atoms with Crippen LogP contribution in [0.3, 0.4) is 0 Å². The standard InChI is InChI=1S/C26H34N6O2/c1-16-12-23(34-4)17(2)11-20(16)26(33)31-9-6-5-7-22(31)21-13-24-28-25(18(3)14-32(24)29-21)30-10-8-19(27)15-30/h11-14,19,22H,5-10,15,27H2,1-4H3. The first-order chi connectivity index (χ1) is 16.4. The Morgan fingerprint density at radius 3 is 2.62 bits per heavy atom. The van der Waals surface area contributed by atoms with Crippen molar-refractivity contribution in [3.05, 3.63) is 52.3 Å². The predicted octanol–water partition coefficient (Wildman–Crippen LogP) is 3.57. The minimum atomic E-state index is -0.0614. The van der Waals surface area contributed by atoms with Gasteiger partial charge in [0.05, 0.1) is 18.8 Å². The van der Waals surface area contributed by atoms with E-state index >= 15 is 0 Å². The molecule has 1 aromatic carbocycles. The van der Waals surface area contributed by atoms with Gasteiger partial charge in [-0.05, 0) is 69.7 Å². The Kier molecular flexibility index (Phi) is 5.93. The van der Waals surface area contributed by atoms with Gasteiger partial charge in [-0.15, -0.1) is 0 Å². The Morgan fingerprint density at radius 2 is 1.88 bits per heavy atom. The Balaban J connectivity index is 1.47. The fourth-order valence-corrected chi connectivity index (χ4v) is 5.36. The second-order valence-corrected chi connectivity index (χ2v) is 9.76. The lowest BCUT2D eigenvalue weighted by Crippen LogP contribution is -2.39. The van der Waals surface area contributed by atoms with Gasteiger partial charge in [0, 0.05) is 49.1 Å². The molecule has 2 N–H and O–H groups in total. The lowest BCUT2D eigenvalue weighted by molar-refractivity contribution is 0.0605. The normalized spacial score (nSPS) is 20.9. The minimum absolute atomic E-state index is 0.0564. The molecule has 2 aromatic heterocycles. The third-order valence-electron chi connectivity index (χ3n) is 7.23. The van der Waals surface area contributed by atoms with Gasteiger partial charge in [0.1, 0.15) is 11.6 Å². The van der Waals surface area contributed by atoms with E-state index in [2.05, 4.69) is 11.8 Å². The molecule has 2 saturated heterocycles. The number of likely N-dealkylation sites (tertiary alicyclic amines) is 1. The largest absolute Gasteiger partial charge is 0.496 e. The van der Waals surface area contributed by atoms with Crippen LogP contribution in [0.4, 0.5) is 5.82 Å². The highest BCUT2D eigenvalue weighted by atomic mass is 16.5. The number of aromatic nitrogens is 3. The van der Waals surface area contributed by atoms with E-state index in [0.717, 1.165) is 90.5 Å². The number of amides is 1. The fourth-order valence-electron chi connectivity index (χ4n) is 5.36. The maximum absolute atomic E-state index is 13.7. The number of anilines is 1. The van der Waals surface area contributed by atoms with Crippen LogP contribution in [0.2, 0.25) is 0 Å².